The first-order valence-corrected chi connectivity index (χ1v) is 2.65. The fraction of sp³-hybridized carbons (Fsp3) is 0.800. The van der Waals surface area contributed by atoms with Gasteiger partial charge in [0.15, 0.2) is 0 Å². The second kappa shape index (κ2) is 1.44. The largest absolute Gasteiger partial charge is 0.264 e. The lowest BCUT2D eigenvalue weighted by Crippen LogP contribution is -2.18. The van der Waals surface area contributed by atoms with E-state index in [1.807, 2.05) is 6.07 Å². The Labute approximate surface area is 52.2 Å². The van der Waals surface area contributed by atoms with Crippen LogP contribution in [-0.2, 0) is 0 Å². The molecule has 2 atom stereocenters. The zero-order valence-corrected chi connectivity index (χ0v) is 5.00. The smallest absolute Gasteiger partial charge is 0.236 e. The van der Waals surface area contributed by atoms with Gasteiger partial charge in [0.05, 0.1) is 6.07 Å². The number of hydrogen-bond acceptors (Lipinski definition) is 3. The Bertz CT molecular complexity index is 196. The second-order valence-electron chi connectivity index (χ2n) is 2.50. The van der Waals surface area contributed by atoms with E-state index in [0.29, 0.717) is 6.42 Å². The lowest BCUT2D eigenvalue weighted by molar-refractivity contribution is -0.536. The van der Waals surface area contributed by atoms with Crippen molar-refractivity contribution < 1.29 is 4.92 Å². The van der Waals surface area contributed by atoms with Crippen LogP contribution in [0.25, 0.3) is 0 Å². The van der Waals surface area contributed by atoms with Gasteiger partial charge in [-0.05, 0) is 0 Å². The van der Waals surface area contributed by atoms with Crippen molar-refractivity contribution >= 4 is 0 Å². The molecule has 0 heterocycles. The average Bonchev–Trinajstić information content (AvgIpc) is 2.44. The van der Waals surface area contributed by atoms with Crippen LogP contribution in [0.2, 0.25) is 0 Å². The predicted octanol–water partition coefficient (Wildman–Crippen LogP) is 0.565. The highest BCUT2D eigenvalue weighted by Gasteiger charge is 2.62. The van der Waals surface area contributed by atoms with Crippen molar-refractivity contribution in [2.24, 2.45) is 5.92 Å². The lowest BCUT2D eigenvalue weighted by atomic mass is 10.3. The van der Waals surface area contributed by atoms with Crippen LogP contribution in [-0.4, -0.2) is 10.5 Å². The number of nitrogens with zero attached hydrogens (tertiary/aromatic N) is 2. The highest BCUT2D eigenvalue weighted by atomic mass is 16.6. The molecule has 0 aromatic heterocycles. The summed E-state index contributed by atoms with van der Waals surface area (Å²) in [5, 5.41) is 18.3. The zero-order chi connectivity index (χ0) is 7.07. The maximum Gasteiger partial charge on any atom is 0.236 e. The normalized spacial score (nSPS) is 39.3. The van der Waals surface area contributed by atoms with E-state index in [4.69, 9.17) is 5.26 Å². The SMILES string of the molecule is CC1([N+](=O)[O-])CC1C#N. The summed E-state index contributed by atoms with van der Waals surface area (Å²) in [5.41, 5.74) is -0.922. The fourth-order valence-corrected chi connectivity index (χ4v) is 0.741. The van der Waals surface area contributed by atoms with Gasteiger partial charge >= 0.3 is 0 Å². The Morgan fingerprint density at radius 2 is 2.56 bits per heavy atom. The molecule has 48 valence electrons. The molecule has 0 bridgehead atoms. The first kappa shape index (κ1) is 6.02. The maximum atomic E-state index is 10.1. The average molecular weight is 126 g/mol. The van der Waals surface area contributed by atoms with Crippen molar-refractivity contribution in [3.8, 4) is 6.07 Å². The van der Waals surface area contributed by atoms with Crippen LogP contribution in [0, 0.1) is 27.4 Å². The van der Waals surface area contributed by atoms with Gasteiger partial charge in [0.25, 0.3) is 0 Å². The summed E-state index contributed by atoms with van der Waals surface area (Å²) in [6.07, 6.45) is 0.413. The lowest BCUT2D eigenvalue weighted by Gasteiger charge is -1.94. The molecule has 1 fully saturated rings. The van der Waals surface area contributed by atoms with Crippen LogP contribution in [0.15, 0.2) is 0 Å². The molecule has 1 aliphatic rings. The van der Waals surface area contributed by atoms with Gasteiger partial charge in [0.2, 0.25) is 5.54 Å². The fourth-order valence-electron chi connectivity index (χ4n) is 0.741. The first-order valence-electron chi connectivity index (χ1n) is 2.65. The van der Waals surface area contributed by atoms with Crippen LogP contribution in [0.3, 0.4) is 0 Å². The topological polar surface area (TPSA) is 66.9 Å². The molecule has 4 nitrogen and oxygen atoms in total. The third kappa shape index (κ3) is 0.653. The monoisotopic (exact) mass is 126 g/mol. The van der Waals surface area contributed by atoms with E-state index < -0.39 is 5.54 Å². The zero-order valence-electron chi connectivity index (χ0n) is 5.00. The first-order chi connectivity index (χ1) is 4.11. The van der Waals surface area contributed by atoms with Gasteiger partial charge in [-0.15, -0.1) is 0 Å². The molecule has 9 heavy (non-hydrogen) atoms. The Morgan fingerprint density at radius 3 is 2.67 bits per heavy atom. The molecule has 0 amide bonds. The van der Waals surface area contributed by atoms with Crippen molar-refractivity contribution in [1.29, 1.82) is 5.26 Å². The molecule has 1 rings (SSSR count). The maximum absolute atomic E-state index is 10.1. The molecule has 0 aromatic rings. The minimum absolute atomic E-state index is 0.354. The third-order valence-corrected chi connectivity index (χ3v) is 1.78. The van der Waals surface area contributed by atoms with E-state index in [2.05, 4.69) is 0 Å². The molecule has 2 unspecified atom stereocenters. The Hall–Kier alpha value is -1.11. The number of hydrogen-bond donors (Lipinski definition) is 0. The van der Waals surface area contributed by atoms with Gasteiger partial charge < -0.3 is 0 Å². The molecule has 0 radical (unpaired) electrons. The summed E-state index contributed by atoms with van der Waals surface area (Å²) in [6.45, 7) is 1.50. The van der Waals surface area contributed by atoms with Crippen LogP contribution in [0.5, 0.6) is 0 Å². The number of rotatable bonds is 1. The van der Waals surface area contributed by atoms with Gasteiger partial charge in [0, 0.05) is 18.3 Å². The molecule has 0 aromatic carbocycles. The van der Waals surface area contributed by atoms with E-state index in [0.717, 1.165) is 0 Å². The third-order valence-electron chi connectivity index (χ3n) is 1.78. The van der Waals surface area contributed by atoms with E-state index in [9.17, 15) is 10.1 Å². The standard InChI is InChI=1S/C5H6N2O2/c1-5(7(8)9)2-4(5)3-6/h4H,2H2,1H3. The molecule has 0 aliphatic heterocycles. The van der Waals surface area contributed by atoms with Crippen LogP contribution >= 0.6 is 0 Å². The summed E-state index contributed by atoms with van der Waals surface area (Å²) < 4.78 is 0. The molecule has 4 heteroatoms. The number of nitriles is 1. The van der Waals surface area contributed by atoms with Gasteiger partial charge in [-0.3, -0.25) is 10.1 Å². The van der Waals surface area contributed by atoms with E-state index in [1.165, 1.54) is 6.92 Å². The Kier molecular flexibility index (Phi) is 0.962. The van der Waals surface area contributed by atoms with Crippen molar-refractivity contribution in [3.63, 3.8) is 0 Å². The van der Waals surface area contributed by atoms with Crippen molar-refractivity contribution in [2.75, 3.05) is 0 Å². The molecule has 0 spiro atoms. The summed E-state index contributed by atoms with van der Waals surface area (Å²) in [5.74, 6) is -0.354. The van der Waals surface area contributed by atoms with Crippen LogP contribution < -0.4 is 0 Å². The van der Waals surface area contributed by atoms with E-state index in [-0.39, 0.29) is 10.8 Å². The molecule has 0 N–H and O–H groups in total. The van der Waals surface area contributed by atoms with Crippen LogP contribution in [0.4, 0.5) is 0 Å². The predicted molar refractivity (Wildman–Crippen MR) is 29.1 cm³/mol. The van der Waals surface area contributed by atoms with Gasteiger partial charge in [0.1, 0.15) is 5.92 Å². The van der Waals surface area contributed by atoms with Gasteiger partial charge in [-0.1, -0.05) is 0 Å². The minimum atomic E-state index is -0.922. The second-order valence-corrected chi connectivity index (χ2v) is 2.50. The quantitative estimate of drug-likeness (QED) is 0.381. The molecular formula is C5H6N2O2. The van der Waals surface area contributed by atoms with Gasteiger partial charge in [-0.25, -0.2) is 0 Å². The molecular weight excluding hydrogens is 120 g/mol. The molecule has 1 saturated carbocycles. The Morgan fingerprint density at radius 1 is 2.00 bits per heavy atom. The molecule has 1 aliphatic carbocycles. The highest BCUT2D eigenvalue weighted by Crippen LogP contribution is 2.44. The van der Waals surface area contributed by atoms with Crippen molar-refractivity contribution in [3.05, 3.63) is 10.1 Å². The summed E-state index contributed by atoms with van der Waals surface area (Å²) in [4.78, 5) is 9.73. The van der Waals surface area contributed by atoms with Gasteiger partial charge in [-0.2, -0.15) is 5.26 Å². The Balaban J connectivity index is 2.65. The molecule has 0 saturated heterocycles. The van der Waals surface area contributed by atoms with Crippen LogP contribution in [0.1, 0.15) is 13.3 Å². The summed E-state index contributed by atoms with van der Waals surface area (Å²) in [6, 6.07) is 1.87. The van der Waals surface area contributed by atoms with Crippen molar-refractivity contribution in [2.45, 2.75) is 18.9 Å². The highest BCUT2D eigenvalue weighted by molar-refractivity contribution is 5.11. The minimum Gasteiger partial charge on any atom is -0.264 e. The van der Waals surface area contributed by atoms with Crippen molar-refractivity contribution in [1.82, 2.24) is 0 Å². The van der Waals surface area contributed by atoms with E-state index >= 15 is 0 Å². The number of nitro groups is 1. The summed E-state index contributed by atoms with van der Waals surface area (Å²) >= 11 is 0. The van der Waals surface area contributed by atoms with E-state index in [1.54, 1.807) is 0 Å². The summed E-state index contributed by atoms with van der Waals surface area (Å²) in [7, 11) is 0.